The van der Waals surface area contributed by atoms with Crippen molar-refractivity contribution in [3.05, 3.63) is 52.0 Å². The van der Waals surface area contributed by atoms with Gasteiger partial charge in [0.15, 0.2) is 0 Å². The van der Waals surface area contributed by atoms with Crippen LogP contribution in [0.1, 0.15) is 82.9 Å². The van der Waals surface area contributed by atoms with Crippen LogP contribution in [-0.4, -0.2) is 45.8 Å². The average molecular weight is 565 g/mol. The van der Waals surface area contributed by atoms with E-state index in [1.165, 1.54) is 0 Å². The summed E-state index contributed by atoms with van der Waals surface area (Å²) >= 11 is 12.4. The lowest BCUT2D eigenvalue weighted by molar-refractivity contribution is -0.155. The minimum absolute atomic E-state index is 0.0335. The predicted octanol–water partition coefficient (Wildman–Crippen LogP) is 6.13. The predicted molar refractivity (Wildman–Crippen MR) is 148 cm³/mol. The Morgan fingerprint density at radius 1 is 0.947 bits per heavy atom. The molecule has 2 aliphatic carbocycles. The maximum atomic E-state index is 13.5. The monoisotopic (exact) mass is 563 g/mol. The molecule has 0 saturated heterocycles. The lowest BCUT2D eigenvalue weighted by Gasteiger charge is -2.27. The first-order valence-electron chi connectivity index (χ1n) is 13.9. The summed E-state index contributed by atoms with van der Waals surface area (Å²) in [5.74, 6) is -0.377. The number of carbonyl (C=O) groups is 2. The van der Waals surface area contributed by atoms with E-state index in [9.17, 15) is 9.59 Å². The molecule has 0 spiro atoms. The molecule has 2 atom stereocenters. The Bertz CT molecular complexity index is 1060. The molecule has 0 aliphatic heterocycles. The molecule has 2 aromatic rings. The van der Waals surface area contributed by atoms with Gasteiger partial charge in [0.2, 0.25) is 0 Å². The maximum absolute atomic E-state index is 13.5. The number of nitrogens with zero attached hydrogens (tertiary/aromatic N) is 2. The summed E-state index contributed by atoms with van der Waals surface area (Å²) in [6, 6.07) is 4.10. The molecule has 0 amide bonds. The van der Waals surface area contributed by atoms with Crippen LogP contribution in [0.2, 0.25) is 10.0 Å². The highest BCUT2D eigenvalue weighted by molar-refractivity contribution is 6.34. The SMILES string of the molecule is CC(C)C[C@H](N[C@@H](Cc1cncn1Cc1cc(Cl)cc(Cl)c1)C(=O)OC1CCCC1)C(=O)OC1CCCC1. The van der Waals surface area contributed by atoms with Gasteiger partial charge >= 0.3 is 11.9 Å². The molecule has 0 unspecified atom stereocenters. The molecular formula is C29H39Cl2N3O4. The van der Waals surface area contributed by atoms with Gasteiger partial charge in [-0.15, -0.1) is 0 Å². The first kappa shape index (κ1) is 28.9. The van der Waals surface area contributed by atoms with Gasteiger partial charge in [0.05, 0.1) is 6.33 Å². The Balaban J connectivity index is 1.52. The average Bonchev–Trinajstić information content (AvgIpc) is 3.62. The fraction of sp³-hybridized carbons (Fsp3) is 0.621. The van der Waals surface area contributed by atoms with Crippen LogP contribution >= 0.6 is 23.2 Å². The summed E-state index contributed by atoms with van der Waals surface area (Å²) in [5, 5.41) is 4.47. The smallest absolute Gasteiger partial charge is 0.323 e. The summed E-state index contributed by atoms with van der Waals surface area (Å²) in [4.78, 5) is 31.0. The number of ether oxygens (including phenoxy) is 2. The zero-order valence-corrected chi connectivity index (χ0v) is 23.8. The quantitative estimate of drug-likeness (QED) is 0.313. The minimum Gasteiger partial charge on any atom is -0.461 e. The van der Waals surface area contributed by atoms with E-state index in [2.05, 4.69) is 24.1 Å². The third-order valence-corrected chi connectivity index (χ3v) is 7.77. The van der Waals surface area contributed by atoms with Crippen molar-refractivity contribution in [1.29, 1.82) is 0 Å². The summed E-state index contributed by atoms with van der Waals surface area (Å²) in [7, 11) is 0. The number of esters is 2. The van der Waals surface area contributed by atoms with Gasteiger partial charge in [-0.1, -0.05) is 37.0 Å². The van der Waals surface area contributed by atoms with Crippen LogP contribution in [0.15, 0.2) is 30.7 Å². The molecular weight excluding hydrogens is 525 g/mol. The van der Waals surface area contributed by atoms with Crippen LogP contribution in [-0.2, 0) is 32.0 Å². The Labute approximate surface area is 235 Å². The number of aromatic nitrogens is 2. The number of halogens is 2. The van der Waals surface area contributed by atoms with E-state index in [1.54, 1.807) is 18.6 Å². The van der Waals surface area contributed by atoms with Crippen molar-refractivity contribution < 1.29 is 19.1 Å². The highest BCUT2D eigenvalue weighted by atomic mass is 35.5. The van der Waals surface area contributed by atoms with Gasteiger partial charge in [-0.05, 0) is 87.5 Å². The van der Waals surface area contributed by atoms with Crippen molar-refractivity contribution in [2.24, 2.45) is 5.92 Å². The molecule has 0 bridgehead atoms. The second-order valence-corrected chi connectivity index (χ2v) is 12.0. The number of hydrogen-bond acceptors (Lipinski definition) is 6. The molecule has 4 rings (SSSR count). The van der Waals surface area contributed by atoms with Crippen molar-refractivity contribution in [2.45, 2.75) is 109 Å². The van der Waals surface area contributed by atoms with Crippen molar-refractivity contribution in [1.82, 2.24) is 14.9 Å². The Hall–Kier alpha value is -2.09. The Kier molecular flexibility index (Phi) is 10.5. The number of hydrogen-bond donors (Lipinski definition) is 1. The van der Waals surface area contributed by atoms with Crippen molar-refractivity contribution in [2.75, 3.05) is 0 Å². The second kappa shape index (κ2) is 13.8. The normalized spacial score (nSPS) is 18.1. The second-order valence-electron chi connectivity index (χ2n) is 11.1. The molecule has 38 heavy (non-hydrogen) atoms. The molecule has 9 heteroatoms. The summed E-state index contributed by atoms with van der Waals surface area (Å²) < 4.78 is 13.7. The van der Waals surface area contributed by atoms with Crippen LogP contribution in [0.3, 0.4) is 0 Å². The van der Waals surface area contributed by atoms with E-state index in [-0.39, 0.29) is 30.1 Å². The third kappa shape index (κ3) is 8.45. The number of nitrogens with one attached hydrogen (secondary N) is 1. The lowest BCUT2D eigenvalue weighted by Crippen LogP contribution is -2.51. The number of carbonyl (C=O) groups excluding carboxylic acids is 2. The molecule has 1 aromatic carbocycles. The molecule has 7 nitrogen and oxygen atoms in total. The van der Waals surface area contributed by atoms with E-state index in [0.29, 0.717) is 29.4 Å². The van der Waals surface area contributed by atoms with Crippen molar-refractivity contribution in [3.8, 4) is 0 Å². The van der Waals surface area contributed by atoms with Gasteiger partial charge in [-0.2, -0.15) is 0 Å². The van der Waals surface area contributed by atoms with E-state index < -0.39 is 12.1 Å². The fourth-order valence-corrected chi connectivity index (χ4v) is 6.00. The fourth-order valence-electron chi connectivity index (χ4n) is 5.43. The third-order valence-electron chi connectivity index (χ3n) is 7.34. The van der Waals surface area contributed by atoms with Crippen molar-refractivity contribution in [3.63, 3.8) is 0 Å². The Morgan fingerprint density at radius 2 is 1.50 bits per heavy atom. The minimum atomic E-state index is -0.714. The van der Waals surface area contributed by atoms with Gasteiger partial charge in [0.1, 0.15) is 24.3 Å². The van der Waals surface area contributed by atoms with Gasteiger partial charge < -0.3 is 14.0 Å². The molecule has 1 aromatic heterocycles. The summed E-state index contributed by atoms with van der Waals surface area (Å²) in [5.41, 5.74) is 1.77. The summed E-state index contributed by atoms with van der Waals surface area (Å²) in [6.07, 6.45) is 12.1. The van der Waals surface area contributed by atoms with Gasteiger partial charge in [-0.3, -0.25) is 14.9 Å². The first-order valence-corrected chi connectivity index (χ1v) is 14.6. The van der Waals surface area contributed by atoms with E-state index in [0.717, 1.165) is 62.6 Å². The van der Waals surface area contributed by atoms with E-state index in [1.807, 2.05) is 16.7 Å². The van der Waals surface area contributed by atoms with Crippen molar-refractivity contribution >= 4 is 35.1 Å². The molecule has 2 saturated carbocycles. The number of imidazole rings is 1. The van der Waals surface area contributed by atoms with Gasteiger partial charge in [0, 0.05) is 34.9 Å². The standard InChI is InChI=1S/C29H39Cl2N3O4/c1-19(2)11-26(28(35)37-24-7-3-4-8-24)33-27(29(36)38-25-9-5-6-10-25)15-23-16-32-18-34(23)17-20-12-21(30)14-22(31)13-20/h12-14,16,18-19,24-27,33H,3-11,15,17H2,1-2H3/t26-,27-/m0/s1. The van der Waals surface area contributed by atoms with Crippen LogP contribution < -0.4 is 5.32 Å². The van der Waals surface area contributed by atoms with Crippen LogP contribution in [0.5, 0.6) is 0 Å². The van der Waals surface area contributed by atoms with Crippen LogP contribution in [0, 0.1) is 5.92 Å². The number of rotatable bonds is 12. The lowest BCUT2D eigenvalue weighted by atomic mass is 10.0. The molecule has 2 aliphatic rings. The topological polar surface area (TPSA) is 82.5 Å². The highest BCUT2D eigenvalue weighted by Gasteiger charge is 2.33. The van der Waals surface area contributed by atoms with E-state index >= 15 is 0 Å². The zero-order chi connectivity index (χ0) is 27.1. The molecule has 2 fully saturated rings. The zero-order valence-electron chi connectivity index (χ0n) is 22.3. The number of benzene rings is 1. The molecule has 208 valence electrons. The van der Waals surface area contributed by atoms with Gasteiger partial charge in [0.25, 0.3) is 0 Å². The van der Waals surface area contributed by atoms with Crippen LogP contribution in [0.4, 0.5) is 0 Å². The summed E-state index contributed by atoms with van der Waals surface area (Å²) in [6.45, 7) is 4.63. The van der Waals surface area contributed by atoms with Crippen LogP contribution in [0.25, 0.3) is 0 Å². The molecule has 0 radical (unpaired) electrons. The first-order chi connectivity index (χ1) is 18.3. The largest absolute Gasteiger partial charge is 0.461 e. The van der Waals surface area contributed by atoms with Gasteiger partial charge in [-0.25, -0.2) is 4.98 Å². The highest BCUT2D eigenvalue weighted by Crippen LogP contribution is 2.24. The molecule has 1 heterocycles. The molecule has 1 N–H and O–H groups in total. The Morgan fingerprint density at radius 3 is 2.05 bits per heavy atom. The van der Waals surface area contributed by atoms with E-state index in [4.69, 9.17) is 32.7 Å². The maximum Gasteiger partial charge on any atom is 0.323 e.